The zero-order valence-electron chi connectivity index (χ0n) is 20.8. The number of nitrogens with one attached hydrogen (secondary N) is 1. The van der Waals surface area contributed by atoms with Crippen LogP contribution in [0.15, 0.2) is 76.8 Å². The molecule has 0 unspecified atom stereocenters. The third-order valence-electron chi connectivity index (χ3n) is 5.72. The maximum absolute atomic E-state index is 12.8. The Morgan fingerprint density at radius 1 is 1.00 bits per heavy atom. The van der Waals surface area contributed by atoms with Gasteiger partial charge in [0.05, 0.1) is 16.5 Å². The van der Waals surface area contributed by atoms with Gasteiger partial charge in [-0.1, -0.05) is 59.8 Å². The molecule has 1 N–H and O–H groups in total. The Labute approximate surface area is 225 Å². The van der Waals surface area contributed by atoms with Crippen molar-refractivity contribution < 1.29 is 13.2 Å². The molecule has 0 aliphatic carbocycles. The molecular weight excluding hydrogens is 530 g/mol. The van der Waals surface area contributed by atoms with Crippen LogP contribution in [-0.4, -0.2) is 53.2 Å². The minimum Gasteiger partial charge on any atom is -0.325 e. The lowest BCUT2D eigenvalue weighted by atomic mass is 10.1. The van der Waals surface area contributed by atoms with Crippen molar-refractivity contribution in [2.45, 2.75) is 23.9 Å². The van der Waals surface area contributed by atoms with E-state index in [1.165, 1.54) is 43.6 Å². The van der Waals surface area contributed by atoms with Gasteiger partial charge in [0.15, 0.2) is 11.0 Å². The molecule has 8 nitrogen and oxygen atoms in total. The Balaban J connectivity index is 1.59. The first-order valence-corrected chi connectivity index (χ1v) is 14.1. The molecule has 0 aliphatic rings. The van der Waals surface area contributed by atoms with Crippen LogP contribution in [0.1, 0.15) is 11.1 Å². The summed E-state index contributed by atoms with van der Waals surface area (Å²) in [4.78, 5) is 12.7. The monoisotopic (exact) mass is 555 g/mol. The van der Waals surface area contributed by atoms with E-state index in [1.54, 1.807) is 6.07 Å². The van der Waals surface area contributed by atoms with E-state index in [9.17, 15) is 13.2 Å². The van der Waals surface area contributed by atoms with Crippen LogP contribution >= 0.6 is 23.4 Å². The van der Waals surface area contributed by atoms with Crippen molar-refractivity contribution in [1.82, 2.24) is 19.1 Å². The quantitative estimate of drug-likeness (QED) is 0.301. The number of halogens is 1. The van der Waals surface area contributed by atoms with Crippen molar-refractivity contribution in [1.29, 1.82) is 0 Å². The predicted octanol–water partition coefficient (Wildman–Crippen LogP) is 5.19. The van der Waals surface area contributed by atoms with Gasteiger partial charge in [0.1, 0.15) is 4.90 Å². The Bertz CT molecular complexity index is 1550. The van der Waals surface area contributed by atoms with E-state index in [-0.39, 0.29) is 21.6 Å². The largest absolute Gasteiger partial charge is 0.325 e. The van der Waals surface area contributed by atoms with E-state index in [4.69, 9.17) is 11.6 Å². The van der Waals surface area contributed by atoms with Gasteiger partial charge in [-0.05, 0) is 55.3 Å². The highest BCUT2D eigenvalue weighted by Crippen LogP contribution is 2.30. The van der Waals surface area contributed by atoms with E-state index >= 15 is 0 Å². The molecule has 3 aromatic carbocycles. The maximum atomic E-state index is 12.8. The molecular formula is C26H26ClN5O3S2. The molecule has 4 aromatic rings. The van der Waals surface area contributed by atoms with Crippen LogP contribution in [-0.2, 0) is 14.8 Å². The summed E-state index contributed by atoms with van der Waals surface area (Å²) in [6.45, 7) is 4.10. The first kappa shape index (κ1) is 26.9. The van der Waals surface area contributed by atoms with Gasteiger partial charge < -0.3 is 5.32 Å². The van der Waals surface area contributed by atoms with Gasteiger partial charge in [-0.25, -0.2) is 12.7 Å². The molecule has 0 bridgehead atoms. The third kappa shape index (κ3) is 5.88. The van der Waals surface area contributed by atoms with E-state index in [2.05, 4.69) is 28.5 Å². The fraction of sp³-hybridized carbons (Fsp3) is 0.192. The van der Waals surface area contributed by atoms with Crippen molar-refractivity contribution in [3.8, 4) is 17.1 Å². The highest BCUT2D eigenvalue weighted by atomic mass is 35.5. The van der Waals surface area contributed by atoms with Crippen LogP contribution in [0.2, 0.25) is 5.02 Å². The van der Waals surface area contributed by atoms with Crippen LogP contribution in [0.25, 0.3) is 17.1 Å². The van der Waals surface area contributed by atoms with Gasteiger partial charge in [-0.3, -0.25) is 9.36 Å². The summed E-state index contributed by atoms with van der Waals surface area (Å²) in [5.41, 5.74) is 4.43. The first-order chi connectivity index (χ1) is 17.6. The number of aryl methyl sites for hydroxylation is 2. The van der Waals surface area contributed by atoms with Crippen LogP contribution in [0.3, 0.4) is 0 Å². The Kier molecular flexibility index (Phi) is 8.03. The molecule has 0 fully saturated rings. The van der Waals surface area contributed by atoms with Gasteiger partial charge in [0.2, 0.25) is 15.9 Å². The molecule has 1 amide bonds. The maximum Gasteiger partial charge on any atom is 0.244 e. The molecule has 1 aromatic heterocycles. The van der Waals surface area contributed by atoms with Crippen molar-refractivity contribution >= 4 is 45.0 Å². The number of carbonyl (C=O) groups excluding carboxylic acids is 1. The van der Waals surface area contributed by atoms with Crippen LogP contribution in [0.5, 0.6) is 0 Å². The predicted molar refractivity (Wildman–Crippen MR) is 148 cm³/mol. The summed E-state index contributed by atoms with van der Waals surface area (Å²) in [5, 5.41) is 12.2. The molecule has 11 heteroatoms. The zero-order chi connectivity index (χ0) is 26.7. The van der Waals surface area contributed by atoms with Crippen molar-refractivity contribution in [2.75, 3.05) is 25.2 Å². The molecule has 192 valence electrons. The van der Waals surface area contributed by atoms with Gasteiger partial charge in [0, 0.05) is 25.3 Å². The highest BCUT2D eigenvalue weighted by Gasteiger charge is 2.22. The summed E-state index contributed by atoms with van der Waals surface area (Å²) < 4.78 is 28.1. The fourth-order valence-electron chi connectivity index (χ4n) is 3.54. The summed E-state index contributed by atoms with van der Waals surface area (Å²) in [7, 11) is -0.925. The molecule has 37 heavy (non-hydrogen) atoms. The lowest BCUT2D eigenvalue weighted by molar-refractivity contribution is -0.113. The number of amides is 1. The molecule has 0 radical (unpaired) electrons. The normalized spacial score (nSPS) is 11.6. The van der Waals surface area contributed by atoms with Crippen LogP contribution < -0.4 is 5.32 Å². The molecule has 0 spiro atoms. The number of sulfonamides is 1. The standard InChI is InChI=1S/C26H26ClN5O3S2/c1-17-10-12-21(14-18(17)2)32-25(19-8-6-5-7-9-19)29-30-26(32)36-16-24(33)28-20-11-13-22(27)23(15-20)37(34,35)31(3)4/h5-15H,16H2,1-4H3,(H,28,33). The van der Waals surface area contributed by atoms with E-state index in [0.29, 0.717) is 16.7 Å². The molecule has 0 aliphatic heterocycles. The SMILES string of the molecule is Cc1ccc(-n2c(SCC(=O)Nc3ccc(Cl)c(S(=O)(=O)N(C)C)c3)nnc2-c2ccccc2)cc1C. The van der Waals surface area contributed by atoms with Gasteiger partial charge >= 0.3 is 0 Å². The van der Waals surface area contributed by atoms with Crippen LogP contribution in [0.4, 0.5) is 5.69 Å². The number of aromatic nitrogens is 3. The average Bonchev–Trinajstić information content (AvgIpc) is 3.30. The molecule has 4 rings (SSSR count). The van der Waals surface area contributed by atoms with E-state index < -0.39 is 10.0 Å². The second kappa shape index (κ2) is 11.1. The second-order valence-corrected chi connectivity index (χ2v) is 12.0. The number of anilines is 1. The highest BCUT2D eigenvalue weighted by molar-refractivity contribution is 7.99. The average molecular weight is 556 g/mol. The van der Waals surface area contributed by atoms with Crippen molar-refractivity contribution in [2.24, 2.45) is 0 Å². The lowest BCUT2D eigenvalue weighted by Crippen LogP contribution is -2.23. The van der Waals surface area contributed by atoms with Gasteiger partial charge in [0.25, 0.3) is 0 Å². The van der Waals surface area contributed by atoms with E-state index in [1.807, 2.05) is 54.0 Å². The topological polar surface area (TPSA) is 97.2 Å². The number of nitrogens with zero attached hydrogens (tertiary/aromatic N) is 4. The Hall–Kier alpha value is -3.18. The number of benzene rings is 3. The second-order valence-electron chi connectivity index (χ2n) is 8.55. The smallest absolute Gasteiger partial charge is 0.244 e. The Morgan fingerprint density at radius 3 is 2.41 bits per heavy atom. The number of thioether (sulfide) groups is 1. The number of carbonyl (C=O) groups is 1. The molecule has 0 saturated heterocycles. The number of hydrogen-bond acceptors (Lipinski definition) is 6. The molecule has 0 atom stereocenters. The minimum absolute atomic E-state index is 0.0379. The first-order valence-electron chi connectivity index (χ1n) is 11.3. The minimum atomic E-state index is -3.76. The van der Waals surface area contributed by atoms with Crippen molar-refractivity contribution in [3.63, 3.8) is 0 Å². The van der Waals surface area contributed by atoms with Crippen LogP contribution in [0, 0.1) is 13.8 Å². The van der Waals surface area contributed by atoms with Gasteiger partial charge in [-0.2, -0.15) is 0 Å². The zero-order valence-corrected chi connectivity index (χ0v) is 23.2. The molecule has 0 saturated carbocycles. The molecule has 1 heterocycles. The fourth-order valence-corrected chi connectivity index (χ4v) is 5.68. The summed E-state index contributed by atoms with van der Waals surface area (Å²) in [5.74, 6) is 0.385. The number of rotatable bonds is 8. The van der Waals surface area contributed by atoms with E-state index in [0.717, 1.165) is 21.1 Å². The Morgan fingerprint density at radius 2 is 1.73 bits per heavy atom. The number of hydrogen-bond donors (Lipinski definition) is 1. The van der Waals surface area contributed by atoms with Gasteiger partial charge in [-0.15, -0.1) is 10.2 Å². The summed E-state index contributed by atoms with van der Waals surface area (Å²) in [6, 6.07) is 20.2. The summed E-state index contributed by atoms with van der Waals surface area (Å²) >= 11 is 7.35. The third-order valence-corrected chi connectivity index (χ3v) is 8.95. The van der Waals surface area contributed by atoms with Crippen molar-refractivity contribution in [3.05, 3.63) is 82.9 Å². The summed E-state index contributed by atoms with van der Waals surface area (Å²) in [6.07, 6.45) is 0. The lowest BCUT2D eigenvalue weighted by Gasteiger charge is -2.14.